The lowest BCUT2D eigenvalue weighted by Gasteiger charge is -2.35. The number of aliphatic hydroxyl groups excluding tert-OH is 1. The number of amides is 1. The Kier molecular flexibility index (Phi) is 6.58. The number of likely N-dealkylation sites (tertiary alicyclic amines) is 1. The zero-order valence-electron chi connectivity index (χ0n) is 18.7. The van der Waals surface area contributed by atoms with E-state index in [0.29, 0.717) is 23.8 Å². The Labute approximate surface area is 188 Å². The molecule has 1 aromatic carbocycles. The summed E-state index contributed by atoms with van der Waals surface area (Å²) in [7, 11) is 0. The Morgan fingerprint density at radius 1 is 1.16 bits per heavy atom. The highest BCUT2D eigenvalue weighted by Crippen LogP contribution is 2.43. The van der Waals surface area contributed by atoms with Crippen LogP contribution in [-0.2, 0) is 9.59 Å². The third kappa shape index (κ3) is 4.40. The van der Waals surface area contributed by atoms with Crippen LogP contribution in [-0.4, -0.2) is 39.3 Å². The first-order chi connectivity index (χ1) is 15.5. The highest BCUT2D eigenvalue weighted by Gasteiger charge is 2.48. The van der Waals surface area contributed by atoms with Gasteiger partial charge in [0.2, 0.25) is 0 Å². The van der Waals surface area contributed by atoms with E-state index in [-0.39, 0.29) is 17.4 Å². The van der Waals surface area contributed by atoms with Gasteiger partial charge in [-0.15, -0.1) is 0 Å². The zero-order chi connectivity index (χ0) is 22.7. The van der Waals surface area contributed by atoms with Crippen LogP contribution in [0.3, 0.4) is 0 Å². The molecule has 1 unspecified atom stereocenters. The number of nitrogens with zero attached hydrogens (tertiary/aromatic N) is 2. The number of ether oxygens (including phenoxy) is 1. The Morgan fingerprint density at radius 3 is 2.62 bits per heavy atom. The molecule has 0 bridgehead atoms. The topological polar surface area (TPSA) is 79.7 Å². The molecule has 2 aliphatic rings. The summed E-state index contributed by atoms with van der Waals surface area (Å²) >= 11 is 0. The Morgan fingerprint density at radius 2 is 1.94 bits per heavy atom. The van der Waals surface area contributed by atoms with Crippen LogP contribution in [0, 0.1) is 5.92 Å². The molecular weight excluding hydrogens is 404 g/mol. The monoisotopic (exact) mass is 434 g/mol. The predicted molar refractivity (Wildman–Crippen MR) is 122 cm³/mol. The summed E-state index contributed by atoms with van der Waals surface area (Å²) in [5.74, 6) is -0.388. The Bertz CT molecular complexity index is 1010. The van der Waals surface area contributed by atoms with Crippen LogP contribution in [0.1, 0.15) is 63.1 Å². The molecule has 1 aliphatic heterocycles. The van der Waals surface area contributed by atoms with Crippen molar-refractivity contribution in [3.05, 3.63) is 65.5 Å². The Balaban J connectivity index is 1.78. The van der Waals surface area contributed by atoms with Crippen molar-refractivity contribution in [1.29, 1.82) is 0 Å². The third-order valence-corrected chi connectivity index (χ3v) is 6.14. The lowest BCUT2D eigenvalue weighted by molar-refractivity contribution is -0.141. The fraction of sp³-hybridized carbons (Fsp3) is 0.423. The fourth-order valence-electron chi connectivity index (χ4n) is 4.60. The van der Waals surface area contributed by atoms with Gasteiger partial charge in [-0.3, -0.25) is 14.6 Å². The maximum Gasteiger partial charge on any atom is 0.295 e. The number of carbonyl (C=O) groups excluding carboxylic acids is 2. The van der Waals surface area contributed by atoms with Gasteiger partial charge in [0, 0.05) is 24.0 Å². The molecule has 1 amide bonds. The van der Waals surface area contributed by atoms with Gasteiger partial charge in [0.1, 0.15) is 11.5 Å². The highest BCUT2D eigenvalue weighted by molar-refractivity contribution is 6.46. The lowest BCUT2D eigenvalue weighted by Crippen LogP contribution is -2.40. The first-order valence-electron chi connectivity index (χ1n) is 11.4. The van der Waals surface area contributed by atoms with Crippen molar-refractivity contribution in [3.63, 3.8) is 0 Å². The molecule has 0 spiro atoms. The van der Waals surface area contributed by atoms with Crippen molar-refractivity contribution >= 4 is 17.4 Å². The predicted octanol–water partition coefficient (Wildman–Crippen LogP) is 4.87. The van der Waals surface area contributed by atoms with E-state index in [1.165, 1.54) is 0 Å². The van der Waals surface area contributed by atoms with Crippen molar-refractivity contribution in [2.45, 2.75) is 58.0 Å². The molecule has 1 aliphatic carbocycles. The molecule has 1 atom stereocenters. The Hall–Kier alpha value is -3.15. The number of carbonyl (C=O) groups is 2. The van der Waals surface area contributed by atoms with Gasteiger partial charge in [0.05, 0.1) is 18.2 Å². The number of pyridine rings is 1. The minimum atomic E-state index is -0.646. The first-order valence-corrected chi connectivity index (χ1v) is 11.4. The molecule has 1 aromatic heterocycles. The number of ketones is 1. The summed E-state index contributed by atoms with van der Waals surface area (Å²) < 4.78 is 5.79. The number of benzene rings is 1. The number of aromatic nitrogens is 1. The van der Waals surface area contributed by atoms with Crippen LogP contribution in [0.25, 0.3) is 5.76 Å². The molecule has 168 valence electrons. The molecule has 6 heteroatoms. The van der Waals surface area contributed by atoms with Crippen LogP contribution < -0.4 is 4.74 Å². The molecule has 2 heterocycles. The molecule has 0 radical (unpaired) electrons. The van der Waals surface area contributed by atoms with E-state index in [4.69, 9.17) is 4.74 Å². The number of rotatable bonds is 6. The van der Waals surface area contributed by atoms with E-state index in [0.717, 1.165) is 37.7 Å². The number of hydrogen-bond acceptors (Lipinski definition) is 5. The highest BCUT2D eigenvalue weighted by atomic mass is 16.5. The van der Waals surface area contributed by atoms with Crippen LogP contribution >= 0.6 is 0 Å². The van der Waals surface area contributed by atoms with Gasteiger partial charge in [-0.25, -0.2) is 0 Å². The number of hydrogen-bond donors (Lipinski definition) is 1. The van der Waals surface area contributed by atoms with Crippen molar-refractivity contribution in [3.8, 4) is 5.75 Å². The summed E-state index contributed by atoms with van der Waals surface area (Å²) in [5.41, 5.74) is 1.31. The summed E-state index contributed by atoms with van der Waals surface area (Å²) in [6.07, 6.45) is 8.25. The molecule has 2 fully saturated rings. The van der Waals surface area contributed by atoms with Gasteiger partial charge in [-0.2, -0.15) is 0 Å². The maximum absolute atomic E-state index is 13.2. The van der Waals surface area contributed by atoms with Gasteiger partial charge in [0.15, 0.2) is 0 Å². The molecule has 32 heavy (non-hydrogen) atoms. The molecule has 1 saturated heterocycles. The van der Waals surface area contributed by atoms with E-state index >= 15 is 0 Å². The molecule has 1 saturated carbocycles. The SMILES string of the molecule is CC(C)COc1cccc(/C(O)=C2/C(=O)C(=O)N(C3CCCCC3)C2c2cccnc2)c1. The molecular formula is C26H30N2O4. The second kappa shape index (κ2) is 9.55. The van der Waals surface area contributed by atoms with E-state index in [1.54, 1.807) is 41.6 Å². The average Bonchev–Trinajstić information content (AvgIpc) is 3.09. The fourth-order valence-corrected chi connectivity index (χ4v) is 4.60. The standard InChI is InChI=1S/C26H30N2O4/c1-17(2)16-32-21-12-6-8-18(14-21)24(29)22-23(19-9-7-13-27-15-19)28(26(31)25(22)30)20-10-4-3-5-11-20/h6-9,12-15,17,20,23,29H,3-5,10-11,16H2,1-2H3/b24-22-. The van der Waals surface area contributed by atoms with Gasteiger partial charge in [-0.05, 0) is 42.5 Å². The second-order valence-corrected chi connectivity index (χ2v) is 9.02. The van der Waals surface area contributed by atoms with E-state index in [1.807, 2.05) is 12.1 Å². The van der Waals surface area contributed by atoms with Gasteiger partial charge in [0.25, 0.3) is 11.7 Å². The van der Waals surface area contributed by atoms with Gasteiger partial charge in [-0.1, -0.05) is 51.3 Å². The van der Waals surface area contributed by atoms with Crippen LogP contribution in [0.2, 0.25) is 0 Å². The molecule has 6 nitrogen and oxygen atoms in total. The smallest absolute Gasteiger partial charge is 0.295 e. The maximum atomic E-state index is 13.2. The third-order valence-electron chi connectivity index (χ3n) is 6.14. The lowest BCUT2D eigenvalue weighted by atomic mass is 9.91. The second-order valence-electron chi connectivity index (χ2n) is 9.02. The largest absolute Gasteiger partial charge is 0.507 e. The first kappa shape index (κ1) is 22.1. The van der Waals surface area contributed by atoms with Crippen molar-refractivity contribution in [2.75, 3.05) is 6.61 Å². The van der Waals surface area contributed by atoms with Crippen molar-refractivity contribution < 1.29 is 19.4 Å². The van der Waals surface area contributed by atoms with Crippen LogP contribution in [0.4, 0.5) is 0 Å². The van der Waals surface area contributed by atoms with Crippen molar-refractivity contribution in [2.24, 2.45) is 5.92 Å². The van der Waals surface area contributed by atoms with Gasteiger partial charge < -0.3 is 14.7 Å². The van der Waals surface area contributed by atoms with Gasteiger partial charge >= 0.3 is 0 Å². The van der Waals surface area contributed by atoms with Crippen molar-refractivity contribution in [1.82, 2.24) is 9.88 Å². The molecule has 2 aromatic rings. The zero-order valence-corrected chi connectivity index (χ0v) is 18.7. The number of aliphatic hydroxyl groups is 1. The van der Waals surface area contributed by atoms with E-state index in [9.17, 15) is 14.7 Å². The van der Waals surface area contributed by atoms with Crippen LogP contribution in [0.5, 0.6) is 5.75 Å². The summed E-state index contributed by atoms with van der Waals surface area (Å²) in [4.78, 5) is 32.3. The minimum absolute atomic E-state index is 0.0172. The summed E-state index contributed by atoms with van der Waals surface area (Å²) in [6, 6.07) is 10.0. The molecule has 1 N–H and O–H groups in total. The number of Topliss-reactive ketones (excluding diaryl/α,β-unsaturated/α-hetero) is 1. The summed E-state index contributed by atoms with van der Waals surface area (Å²) in [6.45, 7) is 4.67. The van der Waals surface area contributed by atoms with E-state index in [2.05, 4.69) is 18.8 Å². The quantitative estimate of drug-likeness (QED) is 0.399. The normalized spacial score (nSPS) is 21.3. The summed E-state index contributed by atoms with van der Waals surface area (Å²) in [5, 5.41) is 11.3. The minimum Gasteiger partial charge on any atom is -0.507 e. The van der Waals surface area contributed by atoms with E-state index < -0.39 is 17.7 Å². The average molecular weight is 435 g/mol. The molecule has 4 rings (SSSR count). The van der Waals surface area contributed by atoms with Crippen LogP contribution in [0.15, 0.2) is 54.4 Å².